The number of carbonyl (C=O) groups is 4. The molecule has 6 atom stereocenters. The third kappa shape index (κ3) is 4.88. The summed E-state index contributed by atoms with van der Waals surface area (Å²) in [7, 11) is 0. The van der Waals surface area contributed by atoms with Crippen LogP contribution in [-0.4, -0.2) is 44.8 Å². The Bertz CT molecular complexity index is 1220. The highest BCUT2D eigenvalue weighted by Gasteiger charge is 2.52. The Hall–Kier alpha value is -2.52. The number of alkyl halides is 2. The van der Waals surface area contributed by atoms with Crippen molar-refractivity contribution in [2.24, 2.45) is 17.8 Å². The Morgan fingerprint density at radius 2 is 1.59 bits per heavy atom. The molecular weight excluding hydrogens is 604 g/mol. The number of rotatable bonds is 5. The number of hydrogen-bond donors (Lipinski definition) is 0. The summed E-state index contributed by atoms with van der Waals surface area (Å²) in [6, 6.07) is 14.5. The van der Waals surface area contributed by atoms with Crippen molar-refractivity contribution >= 4 is 61.2 Å². The molecule has 3 fully saturated rings. The van der Waals surface area contributed by atoms with Crippen molar-refractivity contribution in [2.75, 3.05) is 11.4 Å². The van der Waals surface area contributed by atoms with Gasteiger partial charge in [0.1, 0.15) is 5.75 Å². The molecular formula is C28H28Br2N2O5. The van der Waals surface area contributed by atoms with Gasteiger partial charge in [-0.25, -0.2) is 4.90 Å². The van der Waals surface area contributed by atoms with Gasteiger partial charge < -0.3 is 9.64 Å². The van der Waals surface area contributed by atoms with E-state index in [4.69, 9.17) is 4.74 Å². The number of nitrogens with zero attached hydrogens (tertiary/aromatic N) is 2. The molecule has 0 spiro atoms. The van der Waals surface area contributed by atoms with Crippen LogP contribution in [0.5, 0.6) is 5.75 Å². The van der Waals surface area contributed by atoms with E-state index in [9.17, 15) is 19.2 Å². The number of carbonyl (C=O) groups excluding carboxylic acids is 4. The highest BCUT2D eigenvalue weighted by Crippen LogP contribution is 2.45. The first-order chi connectivity index (χ1) is 17.7. The van der Waals surface area contributed by atoms with Gasteiger partial charge in [0.15, 0.2) is 0 Å². The van der Waals surface area contributed by atoms with Gasteiger partial charge in [0, 0.05) is 22.6 Å². The van der Waals surface area contributed by atoms with Gasteiger partial charge in [-0.3, -0.25) is 19.2 Å². The lowest BCUT2D eigenvalue weighted by atomic mass is 9.81. The van der Waals surface area contributed by atoms with Crippen LogP contribution in [0.3, 0.4) is 0 Å². The summed E-state index contributed by atoms with van der Waals surface area (Å²) in [6.45, 7) is 4.04. The fourth-order valence-electron chi connectivity index (χ4n) is 5.65. The molecule has 0 radical (unpaired) electrons. The monoisotopic (exact) mass is 630 g/mol. The lowest BCUT2D eigenvalue weighted by Crippen LogP contribution is -2.34. The number of aryl methyl sites for hydroxylation is 1. The summed E-state index contributed by atoms with van der Waals surface area (Å²) in [5, 5.41) is 0. The van der Waals surface area contributed by atoms with Crippen molar-refractivity contribution in [3.05, 3.63) is 59.7 Å². The smallest absolute Gasteiger partial charge is 0.316 e. The Balaban J connectivity index is 1.26. The zero-order valence-corrected chi connectivity index (χ0v) is 23.8. The second-order valence-corrected chi connectivity index (χ2v) is 12.5. The van der Waals surface area contributed by atoms with Gasteiger partial charge in [-0.15, -0.1) is 0 Å². The van der Waals surface area contributed by atoms with E-state index < -0.39 is 11.9 Å². The summed E-state index contributed by atoms with van der Waals surface area (Å²) >= 11 is 7.23. The standard InChI is InChI=1S/C28H28Br2N2O5/c1-15-10-19(8-9-24(15)32-26(34)20-12-22(29)23(30)13-21(20)27(32)35)37-28(36)18-11-25(33)31(14-18)16(2)17-6-4-3-5-7-17/h3-10,16,18,20-23H,11-14H2,1-2H3/t16-,18-,20-,21+,22+,23-/m1/s1. The van der Waals surface area contributed by atoms with E-state index in [2.05, 4.69) is 31.9 Å². The second-order valence-electron chi connectivity index (χ2n) is 10.1. The molecule has 0 bridgehead atoms. The van der Waals surface area contributed by atoms with E-state index in [0.717, 1.165) is 5.56 Å². The van der Waals surface area contributed by atoms with Crippen molar-refractivity contribution in [1.82, 2.24) is 4.90 Å². The molecule has 1 saturated carbocycles. The molecule has 37 heavy (non-hydrogen) atoms. The third-order valence-electron chi connectivity index (χ3n) is 7.78. The average Bonchev–Trinajstić information content (AvgIpc) is 3.37. The maximum absolute atomic E-state index is 13.2. The van der Waals surface area contributed by atoms with E-state index in [1.165, 1.54) is 4.90 Å². The maximum atomic E-state index is 13.2. The first kappa shape index (κ1) is 26.1. The van der Waals surface area contributed by atoms with E-state index in [0.29, 0.717) is 36.4 Å². The third-order valence-corrected chi connectivity index (χ3v) is 10.5. The van der Waals surface area contributed by atoms with Gasteiger partial charge in [-0.05, 0) is 56.0 Å². The zero-order chi connectivity index (χ0) is 26.4. The molecule has 3 amide bonds. The van der Waals surface area contributed by atoms with Crippen LogP contribution in [-0.2, 0) is 19.2 Å². The summed E-state index contributed by atoms with van der Waals surface area (Å²) in [5.41, 5.74) is 2.19. The van der Waals surface area contributed by atoms with Gasteiger partial charge in [0.25, 0.3) is 0 Å². The molecule has 194 valence electrons. The molecule has 2 heterocycles. The second kappa shape index (κ2) is 10.3. The Morgan fingerprint density at radius 3 is 2.19 bits per heavy atom. The lowest BCUT2D eigenvalue weighted by molar-refractivity contribution is -0.139. The Labute approximate surface area is 232 Å². The minimum atomic E-state index is -0.557. The number of imide groups is 1. The molecule has 1 aliphatic carbocycles. The van der Waals surface area contributed by atoms with Crippen LogP contribution in [0.2, 0.25) is 0 Å². The molecule has 0 unspecified atom stereocenters. The van der Waals surface area contributed by atoms with Crippen LogP contribution in [0.25, 0.3) is 0 Å². The number of anilines is 1. The normalized spacial score (nSPS) is 28.4. The van der Waals surface area contributed by atoms with Crippen molar-refractivity contribution in [3.63, 3.8) is 0 Å². The van der Waals surface area contributed by atoms with Crippen molar-refractivity contribution in [3.8, 4) is 5.75 Å². The van der Waals surface area contributed by atoms with Crippen LogP contribution in [0, 0.1) is 24.7 Å². The van der Waals surface area contributed by atoms with Crippen LogP contribution in [0.15, 0.2) is 48.5 Å². The number of likely N-dealkylation sites (tertiary alicyclic amines) is 1. The molecule has 2 saturated heterocycles. The molecule has 0 N–H and O–H groups in total. The minimum absolute atomic E-state index is 0.0752. The van der Waals surface area contributed by atoms with Crippen LogP contribution >= 0.6 is 31.9 Å². The average molecular weight is 632 g/mol. The Kier molecular flexibility index (Phi) is 7.29. The van der Waals surface area contributed by atoms with Gasteiger partial charge in [-0.2, -0.15) is 0 Å². The van der Waals surface area contributed by atoms with Crippen molar-refractivity contribution in [2.45, 2.75) is 48.8 Å². The van der Waals surface area contributed by atoms with Crippen LogP contribution in [0.4, 0.5) is 5.69 Å². The molecule has 2 aliphatic heterocycles. The summed E-state index contributed by atoms with van der Waals surface area (Å²) in [6.07, 6.45) is 1.32. The molecule has 5 rings (SSSR count). The first-order valence-electron chi connectivity index (χ1n) is 12.5. The predicted octanol–water partition coefficient (Wildman–Crippen LogP) is 4.94. The number of ether oxygens (including phenoxy) is 1. The highest BCUT2D eigenvalue weighted by atomic mass is 79.9. The molecule has 2 aromatic rings. The minimum Gasteiger partial charge on any atom is -0.426 e. The summed E-state index contributed by atoms with van der Waals surface area (Å²) in [4.78, 5) is 55.2. The van der Waals surface area contributed by atoms with E-state index in [-0.39, 0.29) is 51.7 Å². The summed E-state index contributed by atoms with van der Waals surface area (Å²) < 4.78 is 5.64. The van der Waals surface area contributed by atoms with Crippen LogP contribution in [0.1, 0.15) is 43.4 Å². The zero-order valence-electron chi connectivity index (χ0n) is 20.6. The van der Waals surface area contributed by atoms with Crippen molar-refractivity contribution in [1.29, 1.82) is 0 Å². The summed E-state index contributed by atoms with van der Waals surface area (Å²) in [5.74, 6) is -1.79. The topological polar surface area (TPSA) is 84.0 Å². The van der Waals surface area contributed by atoms with E-state index in [1.807, 2.05) is 37.3 Å². The predicted molar refractivity (Wildman–Crippen MR) is 146 cm³/mol. The molecule has 7 nitrogen and oxygen atoms in total. The number of esters is 1. The van der Waals surface area contributed by atoms with Gasteiger partial charge in [0.2, 0.25) is 17.7 Å². The highest BCUT2D eigenvalue weighted by molar-refractivity contribution is 9.12. The first-order valence-corrected chi connectivity index (χ1v) is 14.3. The molecule has 2 aromatic carbocycles. The number of fused-ring (bicyclic) bond motifs is 1. The Morgan fingerprint density at radius 1 is 0.973 bits per heavy atom. The molecule has 3 aliphatic rings. The molecule has 0 aromatic heterocycles. The van der Waals surface area contributed by atoms with Gasteiger partial charge in [0.05, 0.1) is 29.5 Å². The largest absolute Gasteiger partial charge is 0.426 e. The number of amides is 3. The lowest BCUT2D eigenvalue weighted by Gasteiger charge is -2.29. The van der Waals surface area contributed by atoms with Crippen molar-refractivity contribution < 1.29 is 23.9 Å². The quantitative estimate of drug-likeness (QED) is 0.202. The van der Waals surface area contributed by atoms with Gasteiger partial charge in [-0.1, -0.05) is 62.2 Å². The maximum Gasteiger partial charge on any atom is 0.316 e. The fourth-order valence-corrected chi connectivity index (χ4v) is 6.89. The molecule has 9 heteroatoms. The SMILES string of the molecule is Cc1cc(OC(=O)[C@@H]2CC(=O)N([C@H](C)c3ccccc3)C2)ccc1N1C(=O)[C@H]2C[C@@H](Br)[C@@H](Br)C[C@H]2C1=O. The van der Waals surface area contributed by atoms with E-state index in [1.54, 1.807) is 30.0 Å². The number of benzene rings is 2. The van der Waals surface area contributed by atoms with E-state index >= 15 is 0 Å². The van der Waals surface area contributed by atoms with Crippen LogP contribution < -0.4 is 9.64 Å². The van der Waals surface area contributed by atoms with Gasteiger partial charge >= 0.3 is 5.97 Å². The number of hydrogen-bond acceptors (Lipinski definition) is 5. The number of halogens is 2. The fraction of sp³-hybridized carbons (Fsp3) is 0.429.